The van der Waals surface area contributed by atoms with Crippen molar-refractivity contribution in [2.24, 2.45) is 24.3 Å². The maximum absolute atomic E-state index is 5.48. The summed E-state index contributed by atoms with van der Waals surface area (Å²) in [4.78, 5) is 2.68. The summed E-state index contributed by atoms with van der Waals surface area (Å²) >= 11 is 0. The lowest BCUT2D eigenvalue weighted by Gasteiger charge is -2.60. The highest BCUT2D eigenvalue weighted by atomic mass is 16.5. The molecule has 0 unspecified atom stereocenters. The molecule has 6 nitrogen and oxygen atoms in total. The van der Waals surface area contributed by atoms with Gasteiger partial charge in [-0.05, 0) is 68.4 Å². The Morgan fingerprint density at radius 2 is 1.89 bits per heavy atom. The molecule has 0 bridgehead atoms. The fraction of sp³-hybridized carbons (Fsp3) is 0.682. The van der Waals surface area contributed by atoms with Gasteiger partial charge in [-0.25, -0.2) is 0 Å². The van der Waals surface area contributed by atoms with E-state index in [1.165, 1.54) is 45.3 Å². The Morgan fingerprint density at radius 3 is 2.54 bits per heavy atom. The Balaban J connectivity index is 1.09. The zero-order valence-corrected chi connectivity index (χ0v) is 17.1. The molecule has 4 heterocycles. The van der Waals surface area contributed by atoms with Gasteiger partial charge in [0.15, 0.2) is 0 Å². The molecular formula is C22H31N5O. The molecule has 2 aromatic heterocycles. The van der Waals surface area contributed by atoms with Crippen LogP contribution in [0.5, 0.6) is 0 Å². The van der Waals surface area contributed by atoms with Gasteiger partial charge >= 0.3 is 0 Å². The predicted molar refractivity (Wildman–Crippen MR) is 108 cm³/mol. The number of likely N-dealkylation sites (tertiary alicyclic amines) is 1. The van der Waals surface area contributed by atoms with Gasteiger partial charge in [0.2, 0.25) is 0 Å². The van der Waals surface area contributed by atoms with E-state index in [1.54, 1.807) is 0 Å². The van der Waals surface area contributed by atoms with Gasteiger partial charge in [0.1, 0.15) is 0 Å². The Kier molecular flexibility index (Phi) is 4.71. The minimum Gasteiger partial charge on any atom is -0.381 e. The van der Waals surface area contributed by atoms with Crippen LogP contribution in [-0.4, -0.2) is 57.7 Å². The van der Waals surface area contributed by atoms with Gasteiger partial charge < -0.3 is 9.64 Å². The molecule has 28 heavy (non-hydrogen) atoms. The van der Waals surface area contributed by atoms with Crippen molar-refractivity contribution in [1.29, 1.82) is 0 Å². The first-order valence-corrected chi connectivity index (χ1v) is 10.7. The van der Waals surface area contributed by atoms with E-state index in [4.69, 9.17) is 4.74 Å². The summed E-state index contributed by atoms with van der Waals surface area (Å²) in [5.41, 5.74) is 4.74. The fourth-order valence-electron chi connectivity index (χ4n) is 5.65. The minimum absolute atomic E-state index is 0.621. The smallest absolute Gasteiger partial charge is 0.0964 e. The van der Waals surface area contributed by atoms with E-state index in [2.05, 4.69) is 32.3 Å². The molecule has 3 fully saturated rings. The van der Waals surface area contributed by atoms with Gasteiger partial charge in [-0.3, -0.25) is 4.68 Å². The van der Waals surface area contributed by atoms with Crippen molar-refractivity contribution in [3.63, 3.8) is 0 Å². The molecule has 3 aliphatic rings. The summed E-state index contributed by atoms with van der Waals surface area (Å²) in [5, 5.41) is 13.4. The first-order valence-electron chi connectivity index (χ1n) is 10.7. The summed E-state index contributed by atoms with van der Waals surface area (Å²) in [6.45, 7) is 7.86. The largest absolute Gasteiger partial charge is 0.381 e. The van der Waals surface area contributed by atoms with Gasteiger partial charge in [-0.2, -0.15) is 15.3 Å². The number of rotatable bonds is 5. The van der Waals surface area contributed by atoms with Crippen LogP contribution < -0.4 is 0 Å². The van der Waals surface area contributed by atoms with Crippen LogP contribution in [0, 0.1) is 24.2 Å². The molecule has 0 N–H and O–H groups in total. The Hall–Kier alpha value is -1.79. The van der Waals surface area contributed by atoms with Crippen molar-refractivity contribution in [1.82, 2.24) is 24.9 Å². The molecule has 2 saturated heterocycles. The number of hydrogen-bond donors (Lipinski definition) is 0. The van der Waals surface area contributed by atoms with Crippen molar-refractivity contribution in [3.05, 3.63) is 29.7 Å². The van der Waals surface area contributed by atoms with Gasteiger partial charge in [0.25, 0.3) is 0 Å². The van der Waals surface area contributed by atoms with Crippen molar-refractivity contribution in [2.45, 2.75) is 39.0 Å². The standard InChI is InChI=1S/C22H31N5O/c1-16-20(13-26(2)25-16)21-4-3-19(23-24-21)9-18-10-22(11-18)14-27(15-22)12-17-5-7-28-8-6-17/h3-4,13,17-18H,5-12,14-15H2,1-2H3. The maximum Gasteiger partial charge on any atom is 0.0964 e. The van der Waals surface area contributed by atoms with Crippen molar-refractivity contribution in [3.8, 4) is 11.3 Å². The SMILES string of the molecule is Cc1nn(C)cc1-c1ccc(CC2CC3(C2)CN(CC2CCOCC2)C3)nn1. The van der Waals surface area contributed by atoms with Crippen LogP contribution in [0.2, 0.25) is 0 Å². The zero-order chi connectivity index (χ0) is 19.1. The lowest BCUT2D eigenvalue weighted by Crippen LogP contribution is -2.63. The van der Waals surface area contributed by atoms with E-state index in [1.807, 2.05) is 24.9 Å². The van der Waals surface area contributed by atoms with Gasteiger partial charge in [-0.1, -0.05) is 0 Å². The maximum atomic E-state index is 5.48. The molecule has 1 spiro atoms. The number of nitrogens with zero attached hydrogens (tertiary/aromatic N) is 5. The van der Waals surface area contributed by atoms with E-state index in [0.29, 0.717) is 5.41 Å². The summed E-state index contributed by atoms with van der Waals surface area (Å²) in [5.74, 6) is 1.64. The molecule has 1 aliphatic carbocycles. The molecule has 0 aromatic carbocycles. The molecule has 5 rings (SSSR count). The number of hydrogen-bond acceptors (Lipinski definition) is 5. The predicted octanol–water partition coefficient (Wildman–Crippen LogP) is 2.87. The van der Waals surface area contributed by atoms with Gasteiger partial charge in [-0.15, -0.1) is 0 Å². The molecule has 150 valence electrons. The molecule has 2 aromatic rings. The van der Waals surface area contributed by atoms with Gasteiger partial charge in [0.05, 0.1) is 17.1 Å². The molecule has 0 amide bonds. The Labute approximate surface area is 167 Å². The van der Waals surface area contributed by atoms with Crippen LogP contribution >= 0.6 is 0 Å². The second kappa shape index (κ2) is 7.23. The van der Waals surface area contributed by atoms with Crippen LogP contribution in [0.15, 0.2) is 18.3 Å². The Morgan fingerprint density at radius 1 is 1.11 bits per heavy atom. The highest BCUT2D eigenvalue weighted by Gasteiger charge is 2.52. The third-order valence-corrected chi connectivity index (χ3v) is 6.93. The number of aromatic nitrogens is 4. The third-order valence-electron chi connectivity index (χ3n) is 6.93. The van der Waals surface area contributed by atoms with Crippen molar-refractivity contribution >= 4 is 0 Å². The van der Waals surface area contributed by atoms with Crippen LogP contribution in [0.1, 0.15) is 37.1 Å². The molecule has 6 heteroatoms. The molecule has 0 radical (unpaired) electrons. The summed E-state index contributed by atoms with van der Waals surface area (Å²) in [6, 6.07) is 4.25. The van der Waals surface area contributed by atoms with Crippen LogP contribution in [0.3, 0.4) is 0 Å². The molecule has 0 atom stereocenters. The third kappa shape index (κ3) is 3.60. The summed E-state index contributed by atoms with van der Waals surface area (Å²) in [6.07, 6.45) is 8.31. The van der Waals surface area contributed by atoms with Crippen molar-refractivity contribution < 1.29 is 4.74 Å². The normalized spacial score (nSPS) is 22.9. The molecular weight excluding hydrogens is 350 g/mol. The minimum atomic E-state index is 0.621. The summed E-state index contributed by atoms with van der Waals surface area (Å²) in [7, 11) is 1.94. The van der Waals surface area contributed by atoms with Gasteiger partial charge in [0, 0.05) is 51.7 Å². The summed E-state index contributed by atoms with van der Waals surface area (Å²) < 4.78 is 7.31. The topological polar surface area (TPSA) is 56.1 Å². The molecule has 1 saturated carbocycles. The fourth-order valence-corrected chi connectivity index (χ4v) is 5.65. The van der Waals surface area contributed by atoms with E-state index < -0.39 is 0 Å². The monoisotopic (exact) mass is 381 g/mol. The average Bonchev–Trinajstić information content (AvgIpc) is 2.98. The second-order valence-corrected chi connectivity index (χ2v) is 9.42. The van der Waals surface area contributed by atoms with Crippen LogP contribution in [0.25, 0.3) is 11.3 Å². The van der Waals surface area contributed by atoms with Crippen LogP contribution in [0.4, 0.5) is 0 Å². The number of ether oxygens (including phenoxy) is 1. The Bertz CT molecular complexity index is 810. The highest BCUT2D eigenvalue weighted by Crippen LogP contribution is 2.53. The number of aryl methyl sites for hydroxylation is 2. The van der Waals surface area contributed by atoms with E-state index >= 15 is 0 Å². The second-order valence-electron chi connectivity index (χ2n) is 9.42. The first kappa shape index (κ1) is 18.3. The van der Waals surface area contributed by atoms with E-state index in [9.17, 15) is 0 Å². The van der Waals surface area contributed by atoms with E-state index in [0.717, 1.165) is 54.1 Å². The zero-order valence-electron chi connectivity index (χ0n) is 17.1. The quantitative estimate of drug-likeness (QED) is 0.797. The van der Waals surface area contributed by atoms with Crippen LogP contribution in [-0.2, 0) is 18.2 Å². The average molecular weight is 382 g/mol. The van der Waals surface area contributed by atoms with E-state index in [-0.39, 0.29) is 0 Å². The highest BCUT2D eigenvalue weighted by molar-refractivity contribution is 5.60. The lowest BCUT2D eigenvalue weighted by atomic mass is 9.56. The lowest BCUT2D eigenvalue weighted by molar-refractivity contribution is -0.103. The van der Waals surface area contributed by atoms with Crippen molar-refractivity contribution in [2.75, 3.05) is 32.8 Å². The first-order chi connectivity index (χ1) is 13.6. The molecule has 2 aliphatic heterocycles.